The zero-order valence-corrected chi connectivity index (χ0v) is 15.7. The average Bonchev–Trinajstić information content (AvgIpc) is 2.73. The van der Waals surface area contributed by atoms with Crippen molar-refractivity contribution in [2.75, 3.05) is 19.7 Å². The summed E-state index contributed by atoms with van der Waals surface area (Å²) in [7, 11) is 0. The quantitative estimate of drug-likeness (QED) is 0.778. The molecule has 1 heterocycles. The molecule has 0 aliphatic carbocycles. The van der Waals surface area contributed by atoms with Crippen LogP contribution in [0, 0.1) is 5.92 Å². The van der Waals surface area contributed by atoms with E-state index in [-0.39, 0.29) is 30.8 Å². The van der Waals surface area contributed by atoms with E-state index >= 15 is 0 Å². The molecule has 0 bridgehead atoms. The molecular formula is C22H24N2O4. The molecule has 0 radical (unpaired) electrons. The van der Waals surface area contributed by atoms with Gasteiger partial charge in [0.05, 0.1) is 6.42 Å². The van der Waals surface area contributed by atoms with Gasteiger partial charge in [-0.1, -0.05) is 54.6 Å². The Hall–Kier alpha value is -3.15. The zero-order valence-electron chi connectivity index (χ0n) is 15.7. The lowest BCUT2D eigenvalue weighted by atomic mass is 9.96. The summed E-state index contributed by atoms with van der Waals surface area (Å²) in [6.07, 6.45) is 1.23. The molecule has 1 aliphatic heterocycles. The summed E-state index contributed by atoms with van der Waals surface area (Å²) < 4.78 is 5.13. The fraction of sp³-hybridized carbons (Fsp3) is 0.318. The van der Waals surface area contributed by atoms with E-state index in [0.29, 0.717) is 25.9 Å². The molecule has 2 amide bonds. The van der Waals surface area contributed by atoms with Crippen molar-refractivity contribution in [3.05, 3.63) is 60.2 Å². The first kappa shape index (κ1) is 19.6. The second kappa shape index (κ2) is 9.17. The van der Waals surface area contributed by atoms with Crippen molar-refractivity contribution in [3.63, 3.8) is 0 Å². The van der Waals surface area contributed by atoms with E-state index in [0.717, 1.165) is 16.7 Å². The highest BCUT2D eigenvalue weighted by atomic mass is 16.5. The van der Waals surface area contributed by atoms with Gasteiger partial charge >= 0.3 is 5.97 Å². The Bertz CT molecular complexity index is 825. The molecule has 0 saturated carbocycles. The van der Waals surface area contributed by atoms with E-state index in [9.17, 15) is 14.4 Å². The molecule has 0 spiro atoms. The molecule has 28 heavy (non-hydrogen) atoms. The third kappa shape index (κ3) is 5.19. The van der Waals surface area contributed by atoms with Gasteiger partial charge < -0.3 is 15.4 Å². The number of benzene rings is 2. The van der Waals surface area contributed by atoms with E-state index in [4.69, 9.17) is 10.5 Å². The number of nitrogens with zero attached hydrogens (tertiary/aromatic N) is 1. The highest BCUT2D eigenvalue weighted by molar-refractivity contribution is 5.82. The molecular weight excluding hydrogens is 356 g/mol. The Morgan fingerprint density at radius 2 is 1.54 bits per heavy atom. The van der Waals surface area contributed by atoms with Gasteiger partial charge in [0.25, 0.3) is 5.91 Å². The Morgan fingerprint density at radius 1 is 0.929 bits per heavy atom. The molecule has 0 aromatic heterocycles. The van der Waals surface area contributed by atoms with E-state index in [1.807, 2.05) is 54.6 Å². The molecule has 3 rings (SSSR count). The highest BCUT2D eigenvalue weighted by Gasteiger charge is 2.26. The van der Waals surface area contributed by atoms with Gasteiger partial charge in [0.15, 0.2) is 6.61 Å². The molecule has 1 aliphatic rings. The Labute approximate surface area is 164 Å². The van der Waals surface area contributed by atoms with Crippen LogP contribution in [0.3, 0.4) is 0 Å². The summed E-state index contributed by atoms with van der Waals surface area (Å²) >= 11 is 0. The number of amides is 2. The van der Waals surface area contributed by atoms with Crippen LogP contribution in [0.15, 0.2) is 54.6 Å². The summed E-state index contributed by atoms with van der Waals surface area (Å²) in [6, 6.07) is 17.7. The van der Waals surface area contributed by atoms with Crippen molar-refractivity contribution >= 4 is 17.8 Å². The van der Waals surface area contributed by atoms with Crippen molar-refractivity contribution in [1.29, 1.82) is 0 Å². The smallest absolute Gasteiger partial charge is 0.310 e. The van der Waals surface area contributed by atoms with Gasteiger partial charge in [-0.15, -0.1) is 0 Å². The molecule has 0 atom stereocenters. The number of likely N-dealkylation sites (tertiary alicyclic amines) is 1. The number of carbonyl (C=O) groups is 3. The molecule has 2 aromatic rings. The minimum Gasteiger partial charge on any atom is -0.455 e. The van der Waals surface area contributed by atoms with Crippen LogP contribution in [0.2, 0.25) is 0 Å². The molecule has 2 aromatic carbocycles. The van der Waals surface area contributed by atoms with Crippen molar-refractivity contribution < 1.29 is 19.1 Å². The SMILES string of the molecule is NC(=O)C1CCN(C(=O)COC(=O)Cc2ccc(-c3ccccc3)cc2)CC1. The lowest BCUT2D eigenvalue weighted by Crippen LogP contribution is -2.43. The topological polar surface area (TPSA) is 89.7 Å². The Morgan fingerprint density at radius 3 is 2.14 bits per heavy atom. The minimum atomic E-state index is -0.437. The monoisotopic (exact) mass is 380 g/mol. The highest BCUT2D eigenvalue weighted by Crippen LogP contribution is 2.20. The Kier molecular flexibility index (Phi) is 6.42. The standard InChI is InChI=1S/C22H24N2O4/c23-22(27)19-10-12-24(13-11-19)20(25)15-28-21(26)14-16-6-8-18(9-7-16)17-4-2-1-3-5-17/h1-9,19H,10-15H2,(H2,23,27). The fourth-order valence-corrected chi connectivity index (χ4v) is 3.31. The number of rotatable bonds is 6. The zero-order chi connectivity index (χ0) is 19.9. The lowest BCUT2D eigenvalue weighted by molar-refractivity contribution is -0.152. The van der Waals surface area contributed by atoms with Crippen molar-refractivity contribution in [1.82, 2.24) is 4.90 Å². The molecule has 6 heteroatoms. The van der Waals surface area contributed by atoms with Crippen LogP contribution >= 0.6 is 0 Å². The number of primary amides is 1. The third-order valence-electron chi connectivity index (χ3n) is 5.02. The van der Waals surface area contributed by atoms with Crippen LogP contribution in [-0.2, 0) is 25.5 Å². The normalized spacial score (nSPS) is 14.5. The summed E-state index contributed by atoms with van der Waals surface area (Å²) in [4.78, 5) is 37.0. The number of piperidine rings is 1. The number of nitrogens with two attached hydrogens (primary N) is 1. The number of esters is 1. The van der Waals surface area contributed by atoms with Gasteiger partial charge in [-0.25, -0.2) is 0 Å². The third-order valence-corrected chi connectivity index (χ3v) is 5.02. The first-order chi connectivity index (χ1) is 13.5. The first-order valence-corrected chi connectivity index (χ1v) is 9.40. The maximum absolute atomic E-state index is 12.2. The predicted octanol–water partition coefficient (Wildman–Crippen LogP) is 2.16. The van der Waals surface area contributed by atoms with Gasteiger partial charge in [0, 0.05) is 19.0 Å². The summed E-state index contributed by atoms with van der Waals surface area (Å²) in [5.41, 5.74) is 8.31. The Balaban J connectivity index is 1.44. The molecule has 1 saturated heterocycles. The maximum Gasteiger partial charge on any atom is 0.310 e. The van der Waals surface area contributed by atoms with E-state index < -0.39 is 5.97 Å². The minimum absolute atomic E-state index is 0.117. The van der Waals surface area contributed by atoms with Crippen LogP contribution < -0.4 is 5.73 Å². The van der Waals surface area contributed by atoms with E-state index in [1.54, 1.807) is 4.90 Å². The summed E-state index contributed by atoms with van der Waals surface area (Å²) in [5.74, 6) is -1.18. The maximum atomic E-state index is 12.2. The number of hydrogen-bond donors (Lipinski definition) is 1. The van der Waals surface area contributed by atoms with Gasteiger partial charge in [-0.2, -0.15) is 0 Å². The first-order valence-electron chi connectivity index (χ1n) is 9.40. The van der Waals surface area contributed by atoms with Crippen LogP contribution in [0.1, 0.15) is 18.4 Å². The second-order valence-corrected chi connectivity index (χ2v) is 6.96. The van der Waals surface area contributed by atoms with Crippen molar-refractivity contribution in [3.8, 4) is 11.1 Å². The largest absolute Gasteiger partial charge is 0.455 e. The van der Waals surface area contributed by atoms with Crippen LogP contribution in [-0.4, -0.2) is 42.4 Å². The molecule has 1 fully saturated rings. The molecule has 0 unspecified atom stereocenters. The predicted molar refractivity (Wildman–Crippen MR) is 105 cm³/mol. The van der Waals surface area contributed by atoms with Crippen LogP contribution in [0.4, 0.5) is 0 Å². The average molecular weight is 380 g/mol. The summed E-state index contributed by atoms with van der Waals surface area (Å²) in [6.45, 7) is 0.651. The number of hydrogen-bond acceptors (Lipinski definition) is 4. The van der Waals surface area contributed by atoms with Crippen LogP contribution in [0.25, 0.3) is 11.1 Å². The van der Waals surface area contributed by atoms with Gasteiger partial charge in [0.2, 0.25) is 5.91 Å². The number of ether oxygens (including phenoxy) is 1. The van der Waals surface area contributed by atoms with Gasteiger partial charge in [0.1, 0.15) is 0 Å². The second-order valence-electron chi connectivity index (χ2n) is 6.96. The van der Waals surface area contributed by atoms with Gasteiger partial charge in [-0.3, -0.25) is 14.4 Å². The van der Waals surface area contributed by atoms with Gasteiger partial charge in [-0.05, 0) is 29.5 Å². The van der Waals surface area contributed by atoms with Crippen LogP contribution in [0.5, 0.6) is 0 Å². The molecule has 146 valence electrons. The van der Waals surface area contributed by atoms with E-state index in [1.165, 1.54) is 0 Å². The summed E-state index contributed by atoms with van der Waals surface area (Å²) in [5, 5.41) is 0. The molecule has 6 nitrogen and oxygen atoms in total. The molecule has 2 N–H and O–H groups in total. The van der Waals surface area contributed by atoms with Crippen molar-refractivity contribution in [2.24, 2.45) is 11.7 Å². The lowest BCUT2D eigenvalue weighted by Gasteiger charge is -2.30. The van der Waals surface area contributed by atoms with E-state index in [2.05, 4.69) is 0 Å². The number of carbonyl (C=O) groups excluding carboxylic acids is 3. The fourth-order valence-electron chi connectivity index (χ4n) is 3.31. The van der Waals surface area contributed by atoms with Crippen molar-refractivity contribution in [2.45, 2.75) is 19.3 Å².